The van der Waals surface area contributed by atoms with Crippen molar-refractivity contribution in [3.63, 3.8) is 0 Å². The fraction of sp³-hybridized carbons (Fsp3) is 0. The molecule has 0 heterocycles. The molecule has 10 heteroatoms. The van der Waals surface area contributed by atoms with Gasteiger partial charge in [-0.15, -0.1) is 0 Å². The van der Waals surface area contributed by atoms with Crippen LogP contribution in [0.1, 0.15) is 0 Å². The third-order valence-electron chi connectivity index (χ3n) is 0. The van der Waals surface area contributed by atoms with Crippen molar-refractivity contribution < 1.29 is 30.1 Å². The Kier molecular flexibility index (Phi) is 39.3. The molecule has 0 rings (SSSR count). The summed E-state index contributed by atoms with van der Waals surface area (Å²) in [6.45, 7) is 0. The van der Waals surface area contributed by atoms with Gasteiger partial charge in [-0.25, -0.2) is 0 Å². The Bertz CT molecular complexity index is 31.2. The molecular formula is H8B2KLiO6. The van der Waals surface area contributed by atoms with Crippen molar-refractivity contribution in [1.82, 2.24) is 0 Å². The van der Waals surface area contributed by atoms with E-state index in [1.165, 1.54) is 0 Å². The van der Waals surface area contributed by atoms with Gasteiger partial charge in [0, 0.05) is 0 Å². The molecule has 0 aliphatic carbocycles. The summed E-state index contributed by atoms with van der Waals surface area (Å²) in [6.07, 6.45) is 0. The Balaban J connectivity index is -0.0000000300. The Hall–Kier alpha value is 2.12. The number of rotatable bonds is 0. The van der Waals surface area contributed by atoms with E-state index in [0.29, 0.717) is 0 Å². The van der Waals surface area contributed by atoms with E-state index in [1.807, 2.05) is 0 Å². The fourth-order valence-electron chi connectivity index (χ4n) is 0. The minimum absolute atomic E-state index is 0. The third-order valence-corrected chi connectivity index (χ3v) is 0. The second kappa shape index (κ2) is 17.3. The van der Waals surface area contributed by atoms with Crippen LogP contribution < -0.4 is 0 Å². The zero-order valence-electron chi connectivity index (χ0n) is 3.84. The van der Waals surface area contributed by atoms with Crippen LogP contribution in [0.15, 0.2) is 0 Å². The summed E-state index contributed by atoms with van der Waals surface area (Å²) in [5, 5.41) is 43.0. The van der Waals surface area contributed by atoms with E-state index in [0.717, 1.165) is 0 Å². The predicted octanol–water partition coefficient (Wildman–Crippen LogP) is -5.40. The van der Waals surface area contributed by atoms with Gasteiger partial charge in [0.1, 0.15) is 0 Å². The molecule has 6 N–H and O–H groups in total. The quantitative estimate of drug-likeness (QED) is 0.203. The van der Waals surface area contributed by atoms with Gasteiger partial charge in [-0.1, -0.05) is 0 Å². The van der Waals surface area contributed by atoms with E-state index in [4.69, 9.17) is 30.1 Å². The summed E-state index contributed by atoms with van der Waals surface area (Å²) in [5.41, 5.74) is 0. The molecule has 0 aliphatic heterocycles. The molecule has 10 heavy (non-hydrogen) atoms. The molecule has 0 bridgehead atoms. The van der Waals surface area contributed by atoms with Crippen molar-refractivity contribution in [3.8, 4) is 0 Å². The van der Waals surface area contributed by atoms with Crippen LogP contribution in [0, 0.1) is 0 Å². The molecule has 0 saturated carbocycles. The van der Waals surface area contributed by atoms with E-state index in [1.54, 1.807) is 0 Å². The molecular weight excluding hydrogens is 164 g/mol. The van der Waals surface area contributed by atoms with Crippen LogP contribution in [0.3, 0.4) is 0 Å². The minimum atomic E-state index is -2.17. The zero-order chi connectivity index (χ0) is 7.15. The van der Waals surface area contributed by atoms with Crippen LogP contribution in [0.2, 0.25) is 0 Å². The van der Waals surface area contributed by atoms with Crippen molar-refractivity contribution in [2.75, 3.05) is 0 Å². The van der Waals surface area contributed by atoms with E-state index < -0.39 is 14.6 Å². The maximum absolute atomic E-state index is 7.17. The average molecular weight is 172 g/mol. The first-order chi connectivity index (χ1) is 3.46. The first-order valence-electron chi connectivity index (χ1n) is 1.55. The number of hydrogen-bond acceptors (Lipinski definition) is 6. The van der Waals surface area contributed by atoms with E-state index in [2.05, 4.69) is 0 Å². The van der Waals surface area contributed by atoms with Crippen LogP contribution in [0.4, 0.5) is 0 Å². The Morgan fingerprint density at radius 1 is 0.600 bits per heavy atom. The Labute approximate surface area is 113 Å². The Morgan fingerprint density at radius 2 is 0.600 bits per heavy atom. The second-order valence-corrected chi connectivity index (χ2v) is 0.693. The van der Waals surface area contributed by atoms with Crippen LogP contribution in [-0.2, 0) is 0 Å². The summed E-state index contributed by atoms with van der Waals surface area (Å²) in [4.78, 5) is 0. The fourth-order valence-corrected chi connectivity index (χ4v) is 0. The molecule has 52 valence electrons. The van der Waals surface area contributed by atoms with Crippen molar-refractivity contribution >= 4 is 84.9 Å². The maximum atomic E-state index is 7.17. The normalized spacial score (nSPS) is 5.40. The van der Waals surface area contributed by atoms with Gasteiger partial charge in [0.05, 0.1) is 0 Å². The molecule has 0 amide bonds. The molecule has 0 radical (unpaired) electrons. The summed E-state index contributed by atoms with van der Waals surface area (Å²) >= 11 is 0. The van der Waals surface area contributed by atoms with Gasteiger partial charge < -0.3 is 30.1 Å². The molecule has 0 spiro atoms. The molecule has 0 atom stereocenters. The van der Waals surface area contributed by atoms with Crippen LogP contribution in [0.5, 0.6) is 0 Å². The topological polar surface area (TPSA) is 121 Å². The Morgan fingerprint density at radius 3 is 0.600 bits per heavy atom. The molecule has 0 saturated heterocycles. The summed E-state index contributed by atoms with van der Waals surface area (Å²) in [6, 6.07) is 0. The second-order valence-electron chi connectivity index (χ2n) is 0.693. The summed E-state index contributed by atoms with van der Waals surface area (Å²) in [7, 11) is -4.33. The van der Waals surface area contributed by atoms with E-state index >= 15 is 0 Å². The van der Waals surface area contributed by atoms with Gasteiger partial charge in [0.15, 0.2) is 0 Å². The first kappa shape index (κ1) is 22.7. The van der Waals surface area contributed by atoms with Gasteiger partial charge in [0.2, 0.25) is 0 Å². The molecule has 0 aromatic heterocycles. The molecule has 0 unspecified atom stereocenters. The van der Waals surface area contributed by atoms with Gasteiger partial charge in [-0.05, 0) is 0 Å². The summed E-state index contributed by atoms with van der Waals surface area (Å²) < 4.78 is 0. The van der Waals surface area contributed by atoms with Crippen LogP contribution >= 0.6 is 0 Å². The van der Waals surface area contributed by atoms with Crippen molar-refractivity contribution in [2.45, 2.75) is 0 Å². The predicted molar refractivity (Wildman–Crippen MR) is 39.1 cm³/mol. The molecule has 0 aliphatic rings. The van der Waals surface area contributed by atoms with Crippen LogP contribution in [0.25, 0.3) is 0 Å². The van der Waals surface area contributed by atoms with Gasteiger partial charge >= 0.3 is 84.9 Å². The van der Waals surface area contributed by atoms with Crippen molar-refractivity contribution in [1.29, 1.82) is 0 Å². The van der Waals surface area contributed by atoms with Gasteiger partial charge in [-0.2, -0.15) is 0 Å². The molecule has 0 fully saturated rings. The van der Waals surface area contributed by atoms with Gasteiger partial charge in [0.25, 0.3) is 0 Å². The van der Waals surface area contributed by atoms with Gasteiger partial charge in [-0.3, -0.25) is 0 Å². The number of hydrogen-bond donors (Lipinski definition) is 6. The van der Waals surface area contributed by atoms with Crippen LogP contribution in [-0.4, -0.2) is 115 Å². The molecule has 6 nitrogen and oxygen atoms in total. The third kappa shape index (κ3) is 187. The molecule has 0 aromatic rings. The SMILES string of the molecule is OB(O)O.OB(O)O.[KH].[LiH]. The molecule has 0 aromatic carbocycles. The summed E-state index contributed by atoms with van der Waals surface area (Å²) in [5.74, 6) is 0. The standard InChI is InChI=1S/2BH3O3.K.Li.2H/c2*2-1(3)4;;;;/h2*2-4H;;;;. The van der Waals surface area contributed by atoms with Crippen molar-refractivity contribution in [3.05, 3.63) is 0 Å². The van der Waals surface area contributed by atoms with E-state index in [9.17, 15) is 0 Å². The van der Waals surface area contributed by atoms with Crippen molar-refractivity contribution in [2.24, 2.45) is 0 Å². The monoisotopic (exact) mass is 172 g/mol. The average Bonchev–Trinajstić information content (AvgIpc) is 1.25. The van der Waals surface area contributed by atoms with E-state index in [-0.39, 0.29) is 70.2 Å². The zero-order valence-corrected chi connectivity index (χ0v) is 3.84. The first-order valence-corrected chi connectivity index (χ1v) is 1.55.